The van der Waals surface area contributed by atoms with Gasteiger partial charge in [0.1, 0.15) is 12.7 Å². The lowest BCUT2D eigenvalue weighted by Gasteiger charge is -2.26. The quantitative estimate of drug-likeness (QED) is 0.331. The SMILES string of the molecule is N#Cc1ccc(-n2c(SCC(=O)NC[C@H]3COc4ccccc4O3)nc3ccccc3c2=O)cc1. The van der Waals surface area contributed by atoms with Crippen molar-refractivity contribution in [2.75, 3.05) is 18.9 Å². The Morgan fingerprint density at radius 2 is 1.83 bits per heavy atom. The fourth-order valence-corrected chi connectivity index (χ4v) is 4.54. The predicted molar refractivity (Wildman–Crippen MR) is 132 cm³/mol. The van der Waals surface area contributed by atoms with E-state index in [1.54, 1.807) is 42.5 Å². The number of rotatable bonds is 6. The van der Waals surface area contributed by atoms with Gasteiger partial charge in [-0.3, -0.25) is 14.2 Å². The Morgan fingerprint density at radius 1 is 1.09 bits per heavy atom. The summed E-state index contributed by atoms with van der Waals surface area (Å²) in [5.41, 5.74) is 1.37. The molecule has 0 bridgehead atoms. The molecule has 0 unspecified atom stereocenters. The van der Waals surface area contributed by atoms with Crippen molar-refractivity contribution in [1.82, 2.24) is 14.9 Å². The third-order valence-corrected chi connectivity index (χ3v) is 6.36. The lowest BCUT2D eigenvalue weighted by molar-refractivity contribution is -0.119. The minimum absolute atomic E-state index is 0.0607. The molecule has 1 N–H and O–H groups in total. The fourth-order valence-electron chi connectivity index (χ4n) is 3.69. The number of ether oxygens (including phenoxy) is 2. The molecule has 1 aliphatic rings. The van der Waals surface area contributed by atoms with E-state index in [4.69, 9.17) is 14.7 Å². The highest BCUT2D eigenvalue weighted by molar-refractivity contribution is 7.99. The van der Waals surface area contributed by atoms with Crippen molar-refractivity contribution in [2.24, 2.45) is 0 Å². The molecule has 1 atom stereocenters. The average Bonchev–Trinajstić information content (AvgIpc) is 2.91. The van der Waals surface area contributed by atoms with Crippen molar-refractivity contribution in [3.63, 3.8) is 0 Å². The molecule has 8 nitrogen and oxygen atoms in total. The van der Waals surface area contributed by atoms with E-state index in [0.717, 1.165) is 0 Å². The molecule has 35 heavy (non-hydrogen) atoms. The van der Waals surface area contributed by atoms with Gasteiger partial charge in [-0.25, -0.2) is 4.98 Å². The fraction of sp³-hybridized carbons (Fsp3) is 0.154. The largest absolute Gasteiger partial charge is 0.486 e. The first-order valence-corrected chi connectivity index (χ1v) is 11.9. The van der Waals surface area contributed by atoms with Gasteiger partial charge in [-0.1, -0.05) is 36.0 Å². The van der Waals surface area contributed by atoms with E-state index < -0.39 is 0 Å². The predicted octanol–water partition coefficient (Wildman–Crippen LogP) is 3.31. The molecule has 1 aromatic heterocycles. The van der Waals surface area contributed by atoms with Crippen LogP contribution in [0.1, 0.15) is 5.56 Å². The number of aromatic nitrogens is 2. The minimum atomic E-state index is -0.297. The first-order chi connectivity index (χ1) is 17.1. The molecule has 0 fully saturated rings. The maximum atomic E-state index is 13.3. The van der Waals surface area contributed by atoms with Gasteiger partial charge < -0.3 is 14.8 Å². The summed E-state index contributed by atoms with van der Waals surface area (Å²) < 4.78 is 13.0. The van der Waals surface area contributed by atoms with Crippen molar-refractivity contribution in [3.8, 4) is 23.3 Å². The van der Waals surface area contributed by atoms with Gasteiger partial charge >= 0.3 is 0 Å². The summed E-state index contributed by atoms with van der Waals surface area (Å²) in [5, 5.41) is 12.8. The van der Waals surface area contributed by atoms with Gasteiger partial charge in [0, 0.05) is 0 Å². The van der Waals surface area contributed by atoms with Crippen LogP contribution in [0.4, 0.5) is 0 Å². The molecule has 1 aliphatic heterocycles. The molecule has 0 spiro atoms. The van der Waals surface area contributed by atoms with Crippen molar-refractivity contribution in [1.29, 1.82) is 5.26 Å². The number of hydrogen-bond acceptors (Lipinski definition) is 7. The van der Waals surface area contributed by atoms with Gasteiger partial charge in [-0.15, -0.1) is 0 Å². The lowest BCUT2D eigenvalue weighted by Crippen LogP contribution is -2.41. The highest BCUT2D eigenvalue weighted by atomic mass is 32.2. The van der Waals surface area contributed by atoms with Gasteiger partial charge in [0.15, 0.2) is 16.7 Å². The molecule has 2 heterocycles. The number of hydrogen-bond donors (Lipinski definition) is 1. The van der Waals surface area contributed by atoms with E-state index in [1.807, 2.05) is 30.3 Å². The van der Waals surface area contributed by atoms with Crippen LogP contribution in [0.5, 0.6) is 11.5 Å². The number of nitrogens with one attached hydrogen (secondary N) is 1. The standard InChI is InChI=1S/C26H20N4O4S/c27-13-17-9-11-18(12-10-17)30-25(32)20-5-1-2-6-21(20)29-26(30)35-16-24(31)28-14-19-15-33-22-7-3-4-8-23(22)34-19/h1-12,19H,14-16H2,(H,28,31)/t19-/m0/s1. The minimum Gasteiger partial charge on any atom is -0.486 e. The van der Waals surface area contributed by atoms with Gasteiger partial charge in [0.05, 0.1) is 40.5 Å². The molecule has 0 radical (unpaired) electrons. The van der Waals surface area contributed by atoms with Crippen LogP contribution >= 0.6 is 11.8 Å². The third-order valence-electron chi connectivity index (χ3n) is 5.43. The summed E-state index contributed by atoms with van der Waals surface area (Å²) in [6, 6.07) is 23.2. The Morgan fingerprint density at radius 3 is 2.63 bits per heavy atom. The molecule has 3 aromatic carbocycles. The van der Waals surface area contributed by atoms with Crippen LogP contribution in [0.2, 0.25) is 0 Å². The number of fused-ring (bicyclic) bond motifs is 2. The lowest BCUT2D eigenvalue weighted by atomic mass is 10.2. The van der Waals surface area contributed by atoms with Gasteiger partial charge in [-0.2, -0.15) is 5.26 Å². The first kappa shape index (κ1) is 22.5. The average molecular weight is 485 g/mol. The van der Waals surface area contributed by atoms with Crippen LogP contribution in [0.25, 0.3) is 16.6 Å². The van der Waals surface area contributed by atoms with Gasteiger partial charge in [0.25, 0.3) is 5.56 Å². The number of carbonyl (C=O) groups is 1. The Bertz CT molecular complexity index is 1490. The summed E-state index contributed by atoms with van der Waals surface area (Å²) in [7, 11) is 0. The Labute approximate surface area is 205 Å². The monoisotopic (exact) mass is 484 g/mol. The summed E-state index contributed by atoms with van der Waals surface area (Å²) in [4.78, 5) is 30.5. The van der Waals surface area contributed by atoms with Crippen LogP contribution in [-0.4, -0.2) is 40.5 Å². The first-order valence-electron chi connectivity index (χ1n) is 10.9. The molecular weight excluding hydrogens is 464 g/mol. The van der Waals surface area contributed by atoms with E-state index in [1.165, 1.54) is 16.3 Å². The second kappa shape index (κ2) is 9.91. The van der Waals surface area contributed by atoms with Crippen LogP contribution in [0.3, 0.4) is 0 Å². The van der Waals surface area contributed by atoms with Gasteiger partial charge in [0.2, 0.25) is 5.91 Å². The van der Waals surface area contributed by atoms with Gasteiger partial charge in [-0.05, 0) is 48.5 Å². The zero-order valence-electron chi connectivity index (χ0n) is 18.5. The summed E-state index contributed by atoms with van der Waals surface area (Å²) in [6.07, 6.45) is -0.297. The normalized spacial score (nSPS) is 14.3. The summed E-state index contributed by atoms with van der Waals surface area (Å²) in [6.45, 7) is 0.635. The number of nitrogens with zero attached hydrogens (tertiary/aromatic N) is 3. The summed E-state index contributed by atoms with van der Waals surface area (Å²) >= 11 is 1.17. The number of para-hydroxylation sites is 3. The second-order valence-electron chi connectivity index (χ2n) is 7.80. The zero-order valence-corrected chi connectivity index (χ0v) is 19.3. The maximum Gasteiger partial charge on any atom is 0.266 e. The zero-order chi connectivity index (χ0) is 24.2. The molecule has 1 amide bonds. The number of nitriles is 1. The van der Waals surface area contributed by atoms with Crippen molar-refractivity contribution in [3.05, 3.63) is 88.7 Å². The number of carbonyl (C=O) groups excluding carboxylic acids is 1. The van der Waals surface area contributed by atoms with Crippen molar-refractivity contribution < 1.29 is 14.3 Å². The number of benzene rings is 3. The van der Waals surface area contributed by atoms with Crippen molar-refractivity contribution >= 4 is 28.6 Å². The van der Waals surface area contributed by atoms with E-state index >= 15 is 0 Å². The van der Waals surface area contributed by atoms with E-state index in [2.05, 4.69) is 16.4 Å². The molecule has 4 aromatic rings. The third kappa shape index (κ3) is 4.83. The second-order valence-corrected chi connectivity index (χ2v) is 8.74. The molecule has 174 valence electrons. The Balaban J connectivity index is 1.31. The number of amides is 1. The summed E-state index contributed by atoms with van der Waals surface area (Å²) in [5.74, 6) is 1.18. The van der Waals surface area contributed by atoms with Crippen LogP contribution in [0.15, 0.2) is 82.7 Å². The molecule has 9 heteroatoms. The molecule has 0 saturated carbocycles. The van der Waals surface area contributed by atoms with Crippen LogP contribution in [-0.2, 0) is 4.79 Å². The Kier molecular flexibility index (Phi) is 6.37. The van der Waals surface area contributed by atoms with Crippen LogP contribution < -0.4 is 20.3 Å². The van der Waals surface area contributed by atoms with E-state index in [9.17, 15) is 9.59 Å². The number of thioether (sulfide) groups is 1. The molecule has 0 saturated heterocycles. The van der Waals surface area contributed by atoms with E-state index in [0.29, 0.717) is 52.0 Å². The highest BCUT2D eigenvalue weighted by Crippen LogP contribution is 2.30. The Hall–Kier alpha value is -4.29. The molecule has 0 aliphatic carbocycles. The topological polar surface area (TPSA) is 106 Å². The smallest absolute Gasteiger partial charge is 0.266 e. The molecule has 5 rings (SSSR count). The molecular formula is C26H20N4O4S. The highest BCUT2D eigenvalue weighted by Gasteiger charge is 2.21. The maximum absolute atomic E-state index is 13.3. The van der Waals surface area contributed by atoms with Crippen LogP contribution in [0, 0.1) is 11.3 Å². The van der Waals surface area contributed by atoms with E-state index in [-0.39, 0.29) is 23.3 Å². The van der Waals surface area contributed by atoms with Crippen molar-refractivity contribution in [2.45, 2.75) is 11.3 Å².